The fraction of sp³-hybridized carbons (Fsp3) is 0.222. The predicted molar refractivity (Wildman–Crippen MR) is 49.1 cm³/mol. The fourth-order valence-electron chi connectivity index (χ4n) is 0.951. The molecule has 1 aromatic rings. The van der Waals surface area contributed by atoms with E-state index in [0.29, 0.717) is 0 Å². The number of nitrogen functional groups attached to an aromatic ring is 1. The van der Waals surface area contributed by atoms with E-state index in [9.17, 15) is 0 Å². The Labute approximate surface area is 66.8 Å². The SMILES string of the molecule is C/N=C\c1ccc(C)cc1N. The zero-order chi connectivity index (χ0) is 8.27. The molecule has 2 N–H and O–H groups in total. The van der Waals surface area contributed by atoms with E-state index < -0.39 is 0 Å². The molecule has 0 aliphatic heterocycles. The molecule has 0 aliphatic rings. The van der Waals surface area contributed by atoms with Crippen LogP contribution in [0.4, 0.5) is 5.69 Å². The number of rotatable bonds is 1. The molecule has 0 fully saturated rings. The van der Waals surface area contributed by atoms with Crippen LogP contribution in [0.3, 0.4) is 0 Å². The van der Waals surface area contributed by atoms with Crippen LogP contribution < -0.4 is 5.73 Å². The summed E-state index contributed by atoms with van der Waals surface area (Å²) in [5.74, 6) is 0. The van der Waals surface area contributed by atoms with Crippen LogP contribution in [0.2, 0.25) is 0 Å². The van der Waals surface area contributed by atoms with Gasteiger partial charge in [-0.1, -0.05) is 12.1 Å². The Kier molecular flexibility index (Phi) is 2.26. The number of aliphatic imine (C=N–C) groups is 1. The van der Waals surface area contributed by atoms with Crippen LogP contribution in [0.15, 0.2) is 23.2 Å². The van der Waals surface area contributed by atoms with Crippen molar-refractivity contribution >= 4 is 11.9 Å². The Morgan fingerprint density at radius 3 is 2.73 bits per heavy atom. The van der Waals surface area contributed by atoms with Crippen molar-refractivity contribution in [2.45, 2.75) is 6.92 Å². The average molecular weight is 148 g/mol. The monoisotopic (exact) mass is 148 g/mol. The van der Waals surface area contributed by atoms with Gasteiger partial charge in [-0.25, -0.2) is 0 Å². The molecule has 0 atom stereocenters. The minimum atomic E-state index is 0.788. The van der Waals surface area contributed by atoms with E-state index >= 15 is 0 Å². The van der Waals surface area contributed by atoms with Gasteiger partial charge in [0.1, 0.15) is 0 Å². The summed E-state index contributed by atoms with van der Waals surface area (Å²) in [5.41, 5.74) is 8.66. The molecule has 0 aliphatic carbocycles. The molecule has 11 heavy (non-hydrogen) atoms. The van der Waals surface area contributed by atoms with Gasteiger partial charge >= 0.3 is 0 Å². The Balaban J connectivity index is 3.09. The largest absolute Gasteiger partial charge is 0.398 e. The van der Waals surface area contributed by atoms with Gasteiger partial charge < -0.3 is 5.73 Å². The molecule has 0 radical (unpaired) electrons. The van der Waals surface area contributed by atoms with Crippen molar-refractivity contribution < 1.29 is 0 Å². The van der Waals surface area contributed by atoms with Gasteiger partial charge in [-0.2, -0.15) is 0 Å². The maximum Gasteiger partial charge on any atom is 0.0405 e. The van der Waals surface area contributed by atoms with Crippen molar-refractivity contribution in [3.8, 4) is 0 Å². The first-order chi connectivity index (χ1) is 5.24. The molecule has 2 heteroatoms. The number of nitrogens with two attached hydrogens (primary N) is 1. The van der Waals surface area contributed by atoms with Crippen molar-refractivity contribution in [3.63, 3.8) is 0 Å². The van der Waals surface area contributed by atoms with E-state index in [-0.39, 0.29) is 0 Å². The number of benzene rings is 1. The Morgan fingerprint density at radius 2 is 2.18 bits per heavy atom. The first-order valence-electron chi connectivity index (χ1n) is 3.52. The van der Waals surface area contributed by atoms with Crippen LogP contribution in [-0.2, 0) is 0 Å². The third kappa shape index (κ3) is 1.80. The van der Waals surface area contributed by atoms with Crippen molar-refractivity contribution in [2.75, 3.05) is 12.8 Å². The number of hydrogen-bond donors (Lipinski definition) is 1. The standard InChI is InChI=1S/C9H12N2/c1-7-3-4-8(6-11-2)9(10)5-7/h3-6H,10H2,1-2H3/b11-6-. The molecule has 0 aromatic heterocycles. The zero-order valence-electron chi connectivity index (χ0n) is 6.83. The van der Waals surface area contributed by atoms with E-state index in [0.717, 1.165) is 11.3 Å². The highest BCUT2D eigenvalue weighted by molar-refractivity contribution is 5.86. The molecule has 2 nitrogen and oxygen atoms in total. The van der Waals surface area contributed by atoms with Crippen LogP contribution in [0.25, 0.3) is 0 Å². The lowest BCUT2D eigenvalue weighted by Gasteiger charge is -1.99. The van der Waals surface area contributed by atoms with Gasteiger partial charge in [0.2, 0.25) is 0 Å². The smallest absolute Gasteiger partial charge is 0.0405 e. The minimum Gasteiger partial charge on any atom is -0.398 e. The second kappa shape index (κ2) is 3.19. The normalized spacial score (nSPS) is 10.7. The summed E-state index contributed by atoms with van der Waals surface area (Å²) in [7, 11) is 1.74. The van der Waals surface area contributed by atoms with E-state index in [4.69, 9.17) is 5.73 Å². The lowest BCUT2D eigenvalue weighted by Crippen LogP contribution is -1.93. The lowest BCUT2D eigenvalue weighted by molar-refractivity contribution is 1.44. The van der Waals surface area contributed by atoms with E-state index in [1.165, 1.54) is 5.56 Å². The molecule has 58 valence electrons. The number of hydrogen-bond acceptors (Lipinski definition) is 2. The maximum absolute atomic E-state index is 5.72. The van der Waals surface area contributed by atoms with Crippen LogP contribution in [-0.4, -0.2) is 13.3 Å². The summed E-state index contributed by atoms with van der Waals surface area (Å²) in [6, 6.07) is 5.93. The van der Waals surface area contributed by atoms with Gasteiger partial charge in [-0.05, 0) is 18.6 Å². The third-order valence-electron chi connectivity index (χ3n) is 1.51. The molecule has 0 unspecified atom stereocenters. The Bertz CT molecular complexity index is 277. The molecule has 0 bridgehead atoms. The highest BCUT2D eigenvalue weighted by atomic mass is 14.6. The van der Waals surface area contributed by atoms with Crippen molar-refractivity contribution in [3.05, 3.63) is 29.3 Å². The Hall–Kier alpha value is -1.31. The topological polar surface area (TPSA) is 38.4 Å². The molecule has 1 rings (SSSR count). The second-order valence-electron chi connectivity index (χ2n) is 2.52. The highest BCUT2D eigenvalue weighted by Gasteiger charge is 1.93. The van der Waals surface area contributed by atoms with Gasteiger partial charge in [-0.15, -0.1) is 0 Å². The molecular weight excluding hydrogens is 136 g/mol. The van der Waals surface area contributed by atoms with Crippen LogP contribution >= 0.6 is 0 Å². The molecular formula is C9H12N2. The molecule has 0 heterocycles. The van der Waals surface area contributed by atoms with Crippen molar-refractivity contribution in [2.24, 2.45) is 4.99 Å². The van der Waals surface area contributed by atoms with Crippen LogP contribution in [0.1, 0.15) is 11.1 Å². The summed E-state index contributed by atoms with van der Waals surface area (Å²) in [6.45, 7) is 2.02. The zero-order valence-corrected chi connectivity index (χ0v) is 6.83. The van der Waals surface area contributed by atoms with Gasteiger partial charge in [0.25, 0.3) is 0 Å². The Morgan fingerprint density at radius 1 is 1.45 bits per heavy atom. The number of aryl methyl sites for hydroxylation is 1. The van der Waals surface area contributed by atoms with Gasteiger partial charge in [0.15, 0.2) is 0 Å². The van der Waals surface area contributed by atoms with E-state index in [2.05, 4.69) is 4.99 Å². The molecule has 0 saturated carbocycles. The lowest BCUT2D eigenvalue weighted by atomic mass is 10.1. The third-order valence-corrected chi connectivity index (χ3v) is 1.51. The van der Waals surface area contributed by atoms with Crippen LogP contribution in [0, 0.1) is 6.92 Å². The van der Waals surface area contributed by atoms with E-state index in [1.807, 2.05) is 25.1 Å². The summed E-state index contributed by atoms with van der Waals surface area (Å²) in [5, 5.41) is 0. The minimum absolute atomic E-state index is 0.788. The quantitative estimate of drug-likeness (QED) is 0.477. The first-order valence-corrected chi connectivity index (χ1v) is 3.52. The molecule has 0 saturated heterocycles. The van der Waals surface area contributed by atoms with E-state index in [1.54, 1.807) is 13.3 Å². The molecule has 0 amide bonds. The predicted octanol–water partition coefficient (Wildman–Crippen LogP) is 1.63. The number of nitrogens with zero attached hydrogens (tertiary/aromatic N) is 1. The first kappa shape index (κ1) is 7.79. The second-order valence-corrected chi connectivity index (χ2v) is 2.52. The van der Waals surface area contributed by atoms with Gasteiger partial charge in [0, 0.05) is 24.5 Å². The summed E-state index contributed by atoms with van der Waals surface area (Å²) in [4.78, 5) is 3.89. The van der Waals surface area contributed by atoms with Gasteiger partial charge in [0.05, 0.1) is 0 Å². The summed E-state index contributed by atoms with van der Waals surface area (Å²) in [6.07, 6.45) is 1.76. The molecule has 1 aromatic carbocycles. The summed E-state index contributed by atoms with van der Waals surface area (Å²) >= 11 is 0. The van der Waals surface area contributed by atoms with Crippen molar-refractivity contribution in [1.29, 1.82) is 0 Å². The highest BCUT2D eigenvalue weighted by Crippen LogP contribution is 2.10. The number of anilines is 1. The molecule has 0 spiro atoms. The summed E-state index contributed by atoms with van der Waals surface area (Å²) < 4.78 is 0. The maximum atomic E-state index is 5.72. The van der Waals surface area contributed by atoms with Crippen molar-refractivity contribution in [1.82, 2.24) is 0 Å². The fourth-order valence-corrected chi connectivity index (χ4v) is 0.951. The van der Waals surface area contributed by atoms with Crippen LogP contribution in [0.5, 0.6) is 0 Å². The van der Waals surface area contributed by atoms with Gasteiger partial charge in [-0.3, -0.25) is 4.99 Å². The average Bonchev–Trinajstić information content (AvgIpc) is 1.95.